The Morgan fingerprint density at radius 1 is 1.12 bits per heavy atom. The predicted molar refractivity (Wildman–Crippen MR) is 96.1 cm³/mol. The first-order valence-electron chi connectivity index (χ1n) is 8.48. The van der Waals surface area contributed by atoms with Crippen LogP contribution in [0.15, 0.2) is 30.3 Å². The zero-order valence-electron chi connectivity index (χ0n) is 14.0. The molecule has 0 amide bonds. The van der Waals surface area contributed by atoms with Crippen molar-refractivity contribution in [2.45, 2.75) is 45.3 Å². The summed E-state index contributed by atoms with van der Waals surface area (Å²) in [7, 11) is 0. The maximum Gasteiger partial charge on any atom is 0.163 e. The van der Waals surface area contributed by atoms with Crippen LogP contribution in [0.2, 0.25) is 0 Å². The summed E-state index contributed by atoms with van der Waals surface area (Å²) in [5, 5.41) is 14.4. The summed E-state index contributed by atoms with van der Waals surface area (Å²) < 4.78 is 0. The van der Waals surface area contributed by atoms with Crippen LogP contribution in [-0.4, -0.2) is 32.2 Å². The lowest BCUT2D eigenvalue weighted by atomic mass is 10.1. The maximum absolute atomic E-state index is 9.80. The average molecular weight is 322 g/mol. The Bertz CT molecular complexity index is 872. The normalized spacial score (nSPS) is 20.6. The van der Waals surface area contributed by atoms with Gasteiger partial charge in [-0.05, 0) is 38.7 Å². The second-order valence-corrected chi connectivity index (χ2v) is 6.67. The zero-order chi connectivity index (χ0) is 16.7. The fraction of sp³-hybridized carbons (Fsp3) is 0.368. The number of fused-ring (bicyclic) bond motifs is 1. The molecule has 1 fully saturated rings. The molecule has 1 aliphatic carbocycles. The minimum Gasteiger partial charge on any atom is -0.393 e. The molecule has 4 rings (SSSR count). The van der Waals surface area contributed by atoms with Crippen LogP contribution >= 0.6 is 0 Å². The van der Waals surface area contributed by atoms with E-state index in [1.165, 1.54) is 5.56 Å². The molecule has 124 valence electrons. The van der Waals surface area contributed by atoms with Gasteiger partial charge in [-0.25, -0.2) is 9.97 Å². The zero-order valence-corrected chi connectivity index (χ0v) is 14.0. The molecule has 0 saturated heterocycles. The summed E-state index contributed by atoms with van der Waals surface area (Å²) in [6.45, 7) is 4.15. The van der Waals surface area contributed by atoms with Gasteiger partial charge in [-0.2, -0.15) is 0 Å². The largest absolute Gasteiger partial charge is 0.393 e. The van der Waals surface area contributed by atoms with Crippen molar-refractivity contribution in [1.82, 2.24) is 15.0 Å². The second kappa shape index (κ2) is 5.91. The number of aromatic amines is 1. The SMILES string of the molecule is Cc1[nH]c2nc(-c3ccccc3)nc(NC3CCC(O)C3)c2c1C. The van der Waals surface area contributed by atoms with Crippen LogP contribution in [0.5, 0.6) is 0 Å². The van der Waals surface area contributed by atoms with E-state index in [4.69, 9.17) is 9.97 Å². The summed E-state index contributed by atoms with van der Waals surface area (Å²) in [5.41, 5.74) is 4.14. The predicted octanol–water partition coefficient (Wildman–Crippen LogP) is 3.57. The van der Waals surface area contributed by atoms with Gasteiger partial charge in [-0.15, -0.1) is 0 Å². The number of nitrogens with zero attached hydrogens (tertiary/aromatic N) is 2. The number of H-pyrrole nitrogens is 1. The minimum atomic E-state index is -0.206. The Balaban J connectivity index is 1.82. The fourth-order valence-corrected chi connectivity index (χ4v) is 3.47. The van der Waals surface area contributed by atoms with E-state index in [2.05, 4.69) is 24.1 Å². The van der Waals surface area contributed by atoms with E-state index in [1.807, 2.05) is 30.3 Å². The molecule has 2 atom stereocenters. The third kappa shape index (κ3) is 2.65. The van der Waals surface area contributed by atoms with E-state index in [0.717, 1.165) is 47.4 Å². The highest BCUT2D eigenvalue weighted by atomic mass is 16.3. The maximum atomic E-state index is 9.80. The van der Waals surface area contributed by atoms with E-state index in [0.29, 0.717) is 5.82 Å². The number of aliphatic hydroxyl groups is 1. The standard InChI is InChI=1S/C19H22N4O/c1-11-12(2)20-18-16(11)19(21-14-8-9-15(24)10-14)23-17(22-18)13-6-4-3-5-7-13/h3-7,14-15,24H,8-10H2,1-2H3,(H2,20,21,22,23). The first-order chi connectivity index (χ1) is 11.6. The van der Waals surface area contributed by atoms with Gasteiger partial charge in [0.1, 0.15) is 11.5 Å². The van der Waals surface area contributed by atoms with Gasteiger partial charge in [-0.3, -0.25) is 0 Å². The molecule has 3 aromatic rings. The van der Waals surface area contributed by atoms with Gasteiger partial charge in [0.15, 0.2) is 5.82 Å². The lowest BCUT2D eigenvalue weighted by Crippen LogP contribution is -2.18. The van der Waals surface area contributed by atoms with Crippen molar-refractivity contribution in [3.8, 4) is 11.4 Å². The summed E-state index contributed by atoms with van der Waals surface area (Å²) in [6, 6.07) is 10.3. The van der Waals surface area contributed by atoms with E-state index < -0.39 is 0 Å². The van der Waals surface area contributed by atoms with E-state index in [1.54, 1.807) is 0 Å². The number of hydrogen-bond acceptors (Lipinski definition) is 4. The Kier molecular flexibility index (Phi) is 3.73. The molecule has 5 nitrogen and oxygen atoms in total. The Hall–Kier alpha value is -2.40. The van der Waals surface area contributed by atoms with E-state index in [9.17, 15) is 5.11 Å². The van der Waals surface area contributed by atoms with Crippen molar-refractivity contribution in [3.05, 3.63) is 41.6 Å². The number of aryl methyl sites for hydroxylation is 2. The van der Waals surface area contributed by atoms with Crippen LogP contribution in [0.3, 0.4) is 0 Å². The molecule has 1 saturated carbocycles. The molecule has 2 aromatic heterocycles. The van der Waals surface area contributed by atoms with Crippen molar-refractivity contribution in [1.29, 1.82) is 0 Å². The van der Waals surface area contributed by atoms with Gasteiger partial charge in [0.2, 0.25) is 0 Å². The molecule has 0 spiro atoms. The number of aliphatic hydroxyl groups excluding tert-OH is 1. The molecular weight excluding hydrogens is 300 g/mol. The van der Waals surface area contributed by atoms with Gasteiger partial charge < -0.3 is 15.4 Å². The summed E-state index contributed by atoms with van der Waals surface area (Å²) in [5.74, 6) is 1.57. The van der Waals surface area contributed by atoms with Crippen molar-refractivity contribution in [3.63, 3.8) is 0 Å². The van der Waals surface area contributed by atoms with E-state index >= 15 is 0 Å². The topological polar surface area (TPSA) is 73.8 Å². The highest BCUT2D eigenvalue weighted by Gasteiger charge is 2.24. The first-order valence-corrected chi connectivity index (χ1v) is 8.48. The van der Waals surface area contributed by atoms with Crippen molar-refractivity contribution in [2.24, 2.45) is 0 Å². The Morgan fingerprint density at radius 3 is 2.62 bits per heavy atom. The number of hydrogen-bond donors (Lipinski definition) is 3. The number of aromatic nitrogens is 3. The third-order valence-corrected chi connectivity index (χ3v) is 4.93. The molecule has 0 bridgehead atoms. The number of nitrogens with one attached hydrogen (secondary N) is 2. The van der Waals surface area contributed by atoms with Crippen LogP contribution < -0.4 is 5.32 Å². The van der Waals surface area contributed by atoms with Gasteiger partial charge in [0, 0.05) is 17.3 Å². The number of benzene rings is 1. The number of anilines is 1. The van der Waals surface area contributed by atoms with Gasteiger partial charge in [-0.1, -0.05) is 30.3 Å². The summed E-state index contributed by atoms with van der Waals surface area (Å²) in [4.78, 5) is 12.9. The molecule has 0 radical (unpaired) electrons. The lowest BCUT2D eigenvalue weighted by Gasteiger charge is -2.15. The molecule has 0 aliphatic heterocycles. The molecule has 24 heavy (non-hydrogen) atoms. The smallest absolute Gasteiger partial charge is 0.163 e. The monoisotopic (exact) mass is 322 g/mol. The van der Waals surface area contributed by atoms with Crippen LogP contribution in [0.25, 0.3) is 22.4 Å². The first kappa shape index (κ1) is 15.1. The molecule has 3 N–H and O–H groups in total. The average Bonchev–Trinajstić information content (AvgIpc) is 3.11. The molecular formula is C19H22N4O. The highest BCUT2D eigenvalue weighted by Crippen LogP contribution is 2.31. The van der Waals surface area contributed by atoms with E-state index in [-0.39, 0.29) is 12.1 Å². The van der Waals surface area contributed by atoms with Crippen LogP contribution in [0.1, 0.15) is 30.5 Å². The van der Waals surface area contributed by atoms with Crippen molar-refractivity contribution >= 4 is 16.9 Å². The van der Waals surface area contributed by atoms with Gasteiger partial charge >= 0.3 is 0 Å². The quantitative estimate of drug-likeness (QED) is 0.689. The summed E-state index contributed by atoms with van der Waals surface area (Å²) in [6.07, 6.45) is 2.38. The Morgan fingerprint density at radius 2 is 1.92 bits per heavy atom. The van der Waals surface area contributed by atoms with Gasteiger partial charge in [0.25, 0.3) is 0 Å². The molecule has 1 aliphatic rings. The molecule has 5 heteroatoms. The molecule has 2 heterocycles. The lowest BCUT2D eigenvalue weighted by molar-refractivity contribution is 0.182. The fourth-order valence-electron chi connectivity index (χ4n) is 3.47. The van der Waals surface area contributed by atoms with Crippen LogP contribution in [0, 0.1) is 13.8 Å². The minimum absolute atomic E-state index is 0.206. The summed E-state index contributed by atoms with van der Waals surface area (Å²) >= 11 is 0. The Labute approximate surface area is 141 Å². The number of rotatable bonds is 3. The molecule has 2 unspecified atom stereocenters. The van der Waals surface area contributed by atoms with Crippen molar-refractivity contribution < 1.29 is 5.11 Å². The van der Waals surface area contributed by atoms with Gasteiger partial charge in [0.05, 0.1) is 11.5 Å². The van der Waals surface area contributed by atoms with Crippen LogP contribution in [-0.2, 0) is 0 Å². The third-order valence-electron chi connectivity index (χ3n) is 4.93. The molecule has 1 aromatic carbocycles. The second-order valence-electron chi connectivity index (χ2n) is 6.67. The van der Waals surface area contributed by atoms with Crippen LogP contribution in [0.4, 0.5) is 5.82 Å². The van der Waals surface area contributed by atoms with Crippen molar-refractivity contribution in [2.75, 3.05) is 5.32 Å². The highest BCUT2D eigenvalue weighted by molar-refractivity contribution is 5.92.